The first-order valence-corrected chi connectivity index (χ1v) is 42.3. The molecule has 0 spiro atoms. The van der Waals surface area contributed by atoms with Crippen molar-refractivity contribution in [2.75, 3.05) is 19.1 Å². The average molecular weight is 1310 g/mol. The Morgan fingerprint density at radius 2 is 0.978 bits per heavy atom. The van der Waals surface area contributed by atoms with Crippen LogP contribution in [0.15, 0.2) is 12.2 Å². The van der Waals surface area contributed by atoms with E-state index >= 15 is 4.79 Å². The number of halogens is 1. The normalized spacial score (nSPS) is 23.2. The maximum atomic E-state index is 15.3. The number of rotatable bonds is 50. The van der Waals surface area contributed by atoms with Gasteiger partial charge in [-0.2, -0.15) is 0 Å². The predicted octanol–water partition coefficient (Wildman–Crippen LogP) is 18.5. The van der Waals surface area contributed by atoms with Gasteiger partial charge in [-0.15, -0.1) is 11.6 Å². The van der Waals surface area contributed by atoms with Gasteiger partial charge in [0.25, 0.3) is 0 Å². The molecular formula is C72H132ClNO13Si2. The SMILES string of the molecule is CCCCCCCCCC[C@@H]1C[C@@H]1CCCC/C=C\CC[C@@H](O[Si](C)(C)C(C)(C)C)C(=O)N[C@@H](CO[C@@H]1O[C@H](COC(C)=O)[C@H](OC(C)=O)[C@H](OC(C)=O)[C@H]1OC(=O)CCl)[C@@H](CCCCCCC[C@H]1C[C@H]1CCCCCCCCCC)O[Si](C)(C)C(C)(C)C. The van der Waals surface area contributed by atoms with Crippen LogP contribution in [0.1, 0.15) is 288 Å². The summed E-state index contributed by atoms with van der Waals surface area (Å²) in [5, 5.41) is 3.06. The number of nitrogens with one attached hydrogen (secondary N) is 1. The molecule has 518 valence electrons. The van der Waals surface area contributed by atoms with Gasteiger partial charge < -0.3 is 42.6 Å². The maximum Gasteiger partial charge on any atom is 0.321 e. The van der Waals surface area contributed by atoms with Crippen LogP contribution in [0.25, 0.3) is 0 Å². The second kappa shape index (κ2) is 42.9. The highest BCUT2D eigenvalue weighted by Gasteiger charge is 2.54. The Kier molecular flexibility index (Phi) is 39.0. The van der Waals surface area contributed by atoms with E-state index in [4.69, 9.17) is 48.9 Å². The summed E-state index contributed by atoms with van der Waals surface area (Å²) in [5.41, 5.74) is 0. The Hall–Kier alpha value is -2.35. The van der Waals surface area contributed by atoms with Crippen LogP contribution in [0.2, 0.25) is 36.3 Å². The molecule has 14 nitrogen and oxygen atoms in total. The number of esters is 4. The van der Waals surface area contributed by atoms with Crippen LogP contribution in [0.4, 0.5) is 0 Å². The standard InChI is InChI=1S/C72H132ClNO13Si2/c1-16-18-20-22-24-26-31-37-43-57-49-59(57)45-39-33-28-29-35-42-48-63(87-89(14,15)72(9,10)11)69(79)74-61(52-81-70-68(85-65(78)51-73)67(83-56(5)77)66(82-55(4)76)64(84-70)53-80-54(3)75)62(86-88(12,13)71(6,7)8)47-41-36-30-34-40-46-60-50-58(60)44-38-32-27-25-23-21-19-17-2/h29,35,57-64,66-68,70H,16-28,30-34,36-53H2,1-15H3,(H,74,79)/b35-29-/t57-,58-,59+,60+,61+,62-,63-,64-,66+,67+,68-,70-/m1/s1. The third kappa shape index (κ3) is 33.1. The van der Waals surface area contributed by atoms with Crippen molar-refractivity contribution in [3.05, 3.63) is 12.2 Å². The molecular weight excluding hydrogens is 1180 g/mol. The molecule has 1 heterocycles. The molecule has 3 fully saturated rings. The highest BCUT2D eigenvalue weighted by Crippen LogP contribution is 2.47. The minimum absolute atomic E-state index is 0.182. The molecule has 0 aromatic rings. The van der Waals surface area contributed by atoms with E-state index in [1.54, 1.807) is 0 Å². The van der Waals surface area contributed by atoms with E-state index in [1.807, 2.05) is 0 Å². The van der Waals surface area contributed by atoms with Gasteiger partial charge in [-0.1, -0.05) is 234 Å². The molecule has 1 saturated heterocycles. The van der Waals surface area contributed by atoms with Crippen molar-refractivity contribution in [3.8, 4) is 0 Å². The molecule has 0 bridgehead atoms. The first-order chi connectivity index (χ1) is 42.1. The zero-order chi connectivity index (χ0) is 66.0. The third-order valence-electron chi connectivity index (χ3n) is 20.0. The molecule has 0 aromatic carbocycles. The van der Waals surface area contributed by atoms with Crippen molar-refractivity contribution >= 4 is 58.0 Å². The number of unbranched alkanes of at least 4 members (excludes halogenated alkanes) is 20. The summed E-state index contributed by atoms with van der Waals surface area (Å²) in [6, 6.07) is -0.782. The van der Waals surface area contributed by atoms with Crippen LogP contribution in [0, 0.1) is 23.7 Å². The van der Waals surface area contributed by atoms with E-state index in [0.717, 1.165) is 55.8 Å². The molecule has 1 amide bonds. The molecule has 17 heteroatoms. The van der Waals surface area contributed by atoms with Gasteiger partial charge >= 0.3 is 23.9 Å². The predicted molar refractivity (Wildman–Crippen MR) is 366 cm³/mol. The van der Waals surface area contributed by atoms with Crippen LogP contribution < -0.4 is 5.32 Å². The Labute approximate surface area is 550 Å². The first-order valence-electron chi connectivity index (χ1n) is 36.0. The van der Waals surface area contributed by atoms with Gasteiger partial charge in [0.15, 0.2) is 41.2 Å². The van der Waals surface area contributed by atoms with Crippen molar-refractivity contribution in [2.24, 2.45) is 23.7 Å². The zero-order valence-corrected chi connectivity index (χ0v) is 62.0. The van der Waals surface area contributed by atoms with Gasteiger partial charge in [0.05, 0.1) is 18.8 Å². The van der Waals surface area contributed by atoms with E-state index in [9.17, 15) is 19.2 Å². The molecule has 2 aliphatic carbocycles. The van der Waals surface area contributed by atoms with Crippen LogP contribution in [-0.2, 0) is 61.2 Å². The molecule has 3 rings (SSSR count). The minimum Gasteiger partial charge on any atom is -0.463 e. The number of hydrogen-bond acceptors (Lipinski definition) is 13. The number of allylic oxidation sites excluding steroid dienone is 2. The highest BCUT2D eigenvalue weighted by molar-refractivity contribution is 6.74. The lowest BCUT2D eigenvalue weighted by Gasteiger charge is -2.45. The number of carbonyl (C=O) groups excluding carboxylic acids is 5. The lowest BCUT2D eigenvalue weighted by Crippen LogP contribution is -2.64. The molecule has 89 heavy (non-hydrogen) atoms. The largest absolute Gasteiger partial charge is 0.463 e. The lowest BCUT2D eigenvalue weighted by molar-refractivity contribution is -0.309. The van der Waals surface area contributed by atoms with Crippen molar-refractivity contribution in [1.82, 2.24) is 5.32 Å². The monoisotopic (exact) mass is 1310 g/mol. The van der Waals surface area contributed by atoms with E-state index in [2.05, 4.69) is 99.0 Å². The smallest absolute Gasteiger partial charge is 0.321 e. The minimum atomic E-state index is -2.55. The van der Waals surface area contributed by atoms with Crippen molar-refractivity contribution in [1.29, 1.82) is 0 Å². The molecule has 12 atom stereocenters. The second-order valence-electron chi connectivity index (χ2n) is 30.0. The summed E-state index contributed by atoms with van der Waals surface area (Å²) >= 11 is 6.03. The van der Waals surface area contributed by atoms with E-state index in [0.29, 0.717) is 19.3 Å². The fourth-order valence-corrected chi connectivity index (χ4v) is 15.0. The Morgan fingerprint density at radius 1 is 0.539 bits per heavy atom. The molecule has 0 aromatic heterocycles. The summed E-state index contributed by atoms with van der Waals surface area (Å²) in [4.78, 5) is 66.2. The molecule has 1 N–H and O–H groups in total. The van der Waals surface area contributed by atoms with Crippen LogP contribution >= 0.6 is 11.6 Å². The fourth-order valence-electron chi connectivity index (χ4n) is 12.3. The molecule has 0 unspecified atom stereocenters. The third-order valence-corrected chi connectivity index (χ3v) is 29.3. The average Bonchev–Trinajstić information content (AvgIpc) is 2.06. The Balaban J connectivity index is 1.87. The highest BCUT2D eigenvalue weighted by atomic mass is 35.5. The summed E-state index contributed by atoms with van der Waals surface area (Å²) in [5.74, 6) is -0.199. The zero-order valence-electron chi connectivity index (χ0n) is 59.2. The topological polar surface area (TPSA) is 171 Å². The van der Waals surface area contributed by atoms with Gasteiger partial charge in [0.1, 0.15) is 24.7 Å². The first kappa shape index (κ1) is 80.9. The van der Waals surface area contributed by atoms with E-state index in [-0.39, 0.29) is 22.6 Å². The van der Waals surface area contributed by atoms with Crippen LogP contribution in [-0.4, -0.2) is 114 Å². The summed E-state index contributed by atoms with van der Waals surface area (Å²) in [7, 11) is -5.07. The van der Waals surface area contributed by atoms with Gasteiger partial charge in [-0.3, -0.25) is 24.0 Å². The quantitative estimate of drug-likeness (QED) is 0.0152. The van der Waals surface area contributed by atoms with Gasteiger partial charge in [0, 0.05) is 20.8 Å². The number of hydrogen-bond donors (Lipinski definition) is 1. The van der Waals surface area contributed by atoms with Crippen LogP contribution in [0.5, 0.6) is 0 Å². The Morgan fingerprint density at radius 3 is 1.44 bits per heavy atom. The van der Waals surface area contributed by atoms with Crippen molar-refractivity contribution in [2.45, 2.75) is 373 Å². The van der Waals surface area contributed by atoms with Crippen molar-refractivity contribution < 1.29 is 61.2 Å². The summed E-state index contributed by atoms with van der Waals surface area (Å²) < 4.78 is 50.4. The van der Waals surface area contributed by atoms with E-state index in [1.165, 1.54) is 181 Å². The molecule has 2 saturated carbocycles. The van der Waals surface area contributed by atoms with Gasteiger partial charge in [-0.05, 0) is 105 Å². The van der Waals surface area contributed by atoms with Gasteiger partial charge in [-0.25, -0.2) is 0 Å². The number of alkyl halides is 1. The maximum absolute atomic E-state index is 15.3. The molecule has 0 radical (unpaired) electrons. The summed E-state index contributed by atoms with van der Waals surface area (Å²) in [6.07, 6.45) is 36.8. The second-order valence-corrected chi connectivity index (χ2v) is 39.8. The number of ether oxygens (including phenoxy) is 6. The molecule has 1 aliphatic heterocycles. The number of carbonyl (C=O) groups is 5. The van der Waals surface area contributed by atoms with Gasteiger partial charge in [0.2, 0.25) is 5.91 Å². The lowest BCUT2D eigenvalue weighted by atomic mass is 9.98. The fraction of sp³-hybridized carbons (Fsp3) is 0.903. The van der Waals surface area contributed by atoms with E-state index < -0.39 is 102 Å². The van der Waals surface area contributed by atoms with Crippen LogP contribution in [0.3, 0.4) is 0 Å². The number of amides is 1. The van der Waals surface area contributed by atoms with Crippen molar-refractivity contribution in [3.63, 3.8) is 0 Å². The summed E-state index contributed by atoms with van der Waals surface area (Å²) in [6.45, 7) is 29.4. The molecule has 3 aliphatic rings. The Bertz CT molecular complexity index is 2030.